The van der Waals surface area contributed by atoms with E-state index in [1.54, 1.807) is 13.3 Å². The van der Waals surface area contributed by atoms with Gasteiger partial charge in [-0.15, -0.1) is 24.0 Å². The summed E-state index contributed by atoms with van der Waals surface area (Å²) in [7, 11) is 1.76. The van der Waals surface area contributed by atoms with Gasteiger partial charge in [-0.3, -0.25) is 4.99 Å². The van der Waals surface area contributed by atoms with E-state index >= 15 is 0 Å². The molecule has 0 atom stereocenters. The highest BCUT2D eigenvalue weighted by molar-refractivity contribution is 14.0. The second-order valence-corrected chi connectivity index (χ2v) is 6.92. The van der Waals surface area contributed by atoms with Crippen LogP contribution in [-0.4, -0.2) is 30.6 Å². The van der Waals surface area contributed by atoms with Crippen LogP contribution in [0.3, 0.4) is 0 Å². The Labute approximate surface area is 195 Å². The Balaban J connectivity index is 0.00000320. The molecule has 2 aromatic carbocycles. The van der Waals surface area contributed by atoms with Crippen LogP contribution in [0.1, 0.15) is 25.1 Å². The molecule has 3 rings (SSSR count). The van der Waals surface area contributed by atoms with Crippen molar-refractivity contribution in [1.29, 1.82) is 0 Å². The SMILES string of the molecule is CN=C(NCCc1ccc(OC(C)C)cc1)NCc1coc(-c2ccccc2)n1.I. The van der Waals surface area contributed by atoms with Crippen LogP contribution in [-0.2, 0) is 13.0 Å². The normalized spacial score (nSPS) is 11.1. The van der Waals surface area contributed by atoms with Crippen molar-refractivity contribution in [3.05, 3.63) is 72.1 Å². The van der Waals surface area contributed by atoms with Crippen molar-refractivity contribution in [2.24, 2.45) is 4.99 Å². The number of oxazole rings is 1. The number of ether oxygens (including phenoxy) is 1. The van der Waals surface area contributed by atoms with Crippen molar-refractivity contribution < 1.29 is 9.15 Å². The largest absolute Gasteiger partial charge is 0.491 e. The van der Waals surface area contributed by atoms with Gasteiger partial charge in [0.25, 0.3) is 0 Å². The standard InChI is InChI=1S/C23H28N4O2.HI/c1-17(2)29-21-11-9-18(10-12-21)13-14-25-23(24-3)26-15-20-16-28-22(27-20)19-7-5-4-6-8-19;/h4-12,16-17H,13-15H2,1-3H3,(H2,24,25,26);1H. The molecule has 0 aliphatic rings. The minimum atomic E-state index is 0. The number of halogens is 1. The van der Waals surface area contributed by atoms with Crippen molar-refractivity contribution >= 4 is 29.9 Å². The molecule has 0 aliphatic carbocycles. The molecular formula is C23H29IN4O2. The van der Waals surface area contributed by atoms with Crippen LogP contribution >= 0.6 is 24.0 Å². The zero-order valence-electron chi connectivity index (χ0n) is 17.6. The molecule has 0 radical (unpaired) electrons. The maximum atomic E-state index is 5.67. The summed E-state index contributed by atoms with van der Waals surface area (Å²) in [4.78, 5) is 8.78. The number of aliphatic imine (C=N–C) groups is 1. The van der Waals surface area contributed by atoms with Gasteiger partial charge in [-0.25, -0.2) is 4.98 Å². The summed E-state index contributed by atoms with van der Waals surface area (Å²) in [6, 6.07) is 18.1. The lowest BCUT2D eigenvalue weighted by Gasteiger charge is -2.12. The lowest BCUT2D eigenvalue weighted by atomic mass is 10.1. The van der Waals surface area contributed by atoms with Crippen LogP contribution in [0.15, 0.2) is 70.3 Å². The highest BCUT2D eigenvalue weighted by Gasteiger charge is 2.07. The minimum Gasteiger partial charge on any atom is -0.491 e. The molecule has 0 aliphatic heterocycles. The van der Waals surface area contributed by atoms with Gasteiger partial charge < -0.3 is 19.8 Å². The minimum absolute atomic E-state index is 0. The molecule has 30 heavy (non-hydrogen) atoms. The molecule has 0 saturated heterocycles. The number of aromatic nitrogens is 1. The van der Waals surface area contributed by atoms with Gasteiger partial charge in [0.15, 0.2) is 5.96 Å². The fraction of sp³-hybridized carbons (Fsp3) is 0.304. The number of hydrogen-bond acceptors (Lipinski definition) is 4. The monoisotopic (exact) mass is 520 g/mol. The number of hydrogen-bond donors (Lipinski definition) is 2. The van der Waals surface area contributed by atoms with E-state index in [1.165, 1.54) is 5.56 Å². The Kier molecular flexibility index (Phi) is 9.66. The topological polar surface area (TPSA) is 71.7 Å². The van der Waals surface area contributed by atoms with Crippen molar-refractivity contribution in [3.63, 3.8) is 0 Å². The summed E-state index contributed by atoms with van der Waals surface area (Å²) in [6.45, 7) is 5.37. The lowest BCUT2D eigenvalue weighted by Crippen LogP contribution is -2.37. The van der Waals surface area contributed by atoms with Crippen molar-refractivity contribution in [2.45, 2.75) is 32.9 Å². The molecular weight excluding hydrogens is 491 g/mol. The zero-order chi connectivity index (χ0) is 20.5. The predicted molar refractivity (Wildman–Crippen MR) is 131 cm³/mol. The maximum absolute atomic E-state index is 5.67. The average Bonchev–Trinajstić information content (AvgIpc) is 3.21. The van der Waals surface area contributed by atoms with Gasteiger partial charge >= 0.3 is 0 Å². The first-order valence-corrected chi connectivity index (χ1v) is 9.84. The molecule has 0 bridgehead atoms. The molecule has 0 amide bonds. The number of rotatable bonds is 8. The van der Waals surface area contributed by atoms with E-state index in [4.69, 9.17) is 9.15 Å². The summed E-state index contributed by atoms with van der Waals surface area (Å²) in [5.41, 5.74) is 3.03. The molecule has 1 heterocycles. The smallest absolute Gasteiger partial charge is 0.226 e. The van der Waals surface area contributed by atoms with Crippen LogP contribution in [0.25, 0.3) is 11.5 Å². The van der Waals surface area contributed by atoms with Crippen LogP contribution in [0.4, 0.5) is 0 Å². The van der Waals surface area contributed by atoms with E-state index < -0.39 is 0 Å². The van der Waals surface area contributed by atoms with Crippen LogP contribution < -0.4 is 15.4 Å². The number of nitrogens with one attached hydrogen (secondary N) is 2. The van der Waals surface area contributed by atoms with E-state index in [0.29, 0.717) is 12.4 Å². The van der Waals surface area contributed by atoms with Crippen LogP contribution in [0, 0.1) is 0 Å². The first-order chi connectivity index (χ1) is 14.1. The van der Waals surface area contributed by atoms with Gasteiger partial charge in [0, 0.05) is 19.2 Å². The predicted octanol–water partition coefficient (Wildman–Crippen LogP) is 4.65. The molecule has 0 unspecified atom stereocenters. The van der Waals surface area contributed by atoms with Gasteiger partial charge in [0.05, 0.1) is 18.3 Å². The second-order valence-electron chi connectivity index (χ2n) is 6.92. The van der Waals surface area contributed by atoms with Crippen molar-refractivity contribution in [3.8, 4) is 17.2 Å². The highest BCUT2D eigenvalue weighted by atomic mass is 127. The first kappa shape index (κ1) is 23.7. The molecule has 7 heteroatoms. The summed E-state index contributed by atoms with van der Waals surface area (Å²) >= 11 is 0. The number of benzene rings is 2. The Bertz CT molecular complexity index is 908. The lowest BCUT2D eigenvalue weighted by molar-refractivity contribution is 0.242. The molecule has 3 aromatic rings. The van der Waals surface area contributed by atoms with E-state index in [0.717, 1.165) is 35.9 Å². The molecule has 0 fully saturated rings. The van der Waals surface area contributed by atoms with Crippen molar-refractivity contribution in [1.82, 2.24) is 15.6 Å². The molecule has 1 aromatic heterocycles. The van der Waals surface area contributed by atoms with Gasteiger partial charge in [0.2, 0.25) is 5.89 Å². The van der Waals surface area contributed by atoms with E-state index in [2.05, 4.69) is 32.7 Å². The molecule has 2 N–H and O–H groups in total. The third kappa shape index (κ3) is 7.37. The summed E-state index contributed by atoms with van der Waals surface area (Å²) < 4.78 is 11.2. The zero-order valence-corrected chi connectivity index (χ0v) is 19.9. The van der Waals surface area contributed by atoms with E-state index in [1.807, 2.05) is 56.3 Å². The fourth-order valence-corrected chi connectivity index (χ4v) is 2.83. The van der Waals surface area contributed by atoms with Crippen LogP contribution in [0.2, 0.25) is 0 Å². The highest BCUT2D eigenvalue weighted by Crippen LogP contribution is 2.17. The van der Waals surface area contributed by atoms with E-state index in [9.17, 15) is 0 Å². The number of nitrogens with zero attached hydrogens (tertiary/aromatic N) is 2. The summed E-state index contributed by atoms with van der Waals surface area (Å²) in [5.74, 6) is 2.25. The van der Waals surface area contributed by atoms with Gasteiger partial charge in [-0.1, -0.05) is 30.3 Å². The molecule has 6 nitrogen and oxygen atoms in total. The summed E-state index contributed by atoms with van der Waals surface area (Å²) in [5, 5.41) is 6.59. The van der Waals surface area contributed by atoms with Crippen molar-refractivity contribution in [2.75, 3.05) is 13.6 Å². The third-order valence-electron chi connectivity index (χ3n) is 4.23. The Morgan fingerprint density at radius 1 is 1.07 bits per heavy atom. The Morgan fingerprint density at radius 2 is 1.80 bits per heavy atom. The number of guanidine groups is 1. The second kappa shape index (κ2) is 12.2. The molecule has 0 saturated carbocycles. The van der Waals surface area contributed by atoms with Gasteiger partial charge in [0.1, 0.15) is 12.0 Å². The van der Waals surface area contributed by atoms with Gasteiger partial charge in [-0.05, 0) is 50.1 Å². The molecule has 160 valence electrons. The third-order valence-corrected chi connectivity index (χ3v) is 4.23. The average molecular weight is 520 g/mol. The maximum Gasteiger partial charge on any atom is 0.226 e. The molecule has 0 spiro atoms. The Hall–Kier alpha value is -2.55. The quantitative estimate of drug-likeness (QED) is 0.257. The Morgan fingerprint density at radius 3 is 2.47 bits per heavy atom. The van der Waals surface area contributed by atoms with Crippen LogP contribution in [0.5, 0.6) is 5.75 Å². The fourth-order valence-electron chi connectivity index (χ4n) is 2.83. The first-order valence-electron chi connectivity index (χ1n) is 9.84. The van der Waals surface area contributed by atoms with Gasteiger partial charge in [-0.2, -0.15) is 0 Å². The van der Waals surface area contributed by atoms with E-state index in [-0.39, 0.29) is 30.1 Å². The summed E-state index contributed by atoms with van der Waals surface area (Å²) in [6.07, 6.45) is 2.75.